The summed E-state index contributed by atoms with van der Waals surface area (Å²) < 4.78 is 0. The number of hydrogen-bond donors (Lipinski definition) is 2. The van der Waals surface area contributed by atoms with Crippen molar-refractivity contribution in [3.63, 3.8) is 0 Å². The number of anilines is 2. The predicted molar refractivity (Wildman–Crippen MR) is 70.1 cm³/mol. The van der Waals surface area contributed by atoms with Gasteiger partial charge in [-0.3, -0.25) is 0 Å². The lowest BCUT2D eigenvalue weighted by Gasteiger charge is -2.09. The Kier molecular flexibility index (Phi) is 2.63. The molecule has 0 unspecified atom stereocenters. The minimum atomic E-state index is 0.246. The minimum Gasteiger partial charge on any atom is -0.504 e. The highest BCUT2D eigenvalue weighted by atomic mass is 16.3. The van der Waals surface area contributed by atoms with Gasteiger partial charge in [0.05, 0.1) is 11.4 Å². The molecule has 1 aromatic carbocycles. The van der Waals surface area contributed by atoms with E-state index in [9.17, 15) is 5.11 Å². The maximum absolute atomic E-state index is 9.95. The van der Waals surface area contributed by atoms with Crippen LogP contribution in [-0.2, 0) is 0 Å². The molecule has 3 rings (SSSR count). The van der Waals surface area contributed by atoms with Crippen LogP contribution in [0.5, 0.6) is 5.75 Å². The number of benzene rings is 1. The number of nitrogens with zero attached hydrogens (tertiary/aromatic N) is 2. The number of aryl methyl sites for hydroxylation is 1. The summed E-state index contributed by atoms with van der Waals surface area (Å²) in [6, 6.07) is 9.79. The quantitative estimate of drug-likeness (QED) is 0.866. The molecule has 2 aromatic rings. The molecule has 92 valence electrons. The molecule has 1 fully saturated rings. The third-order valence-corrected chi connectivity index (χ3v) is 3.08. The van der Waals surface area contributed by atoms with Gasteiger partial charge in [0.25, 0.3) is 0 Å². The second-order valence-electron chi connectivity index (χ2n) is 4.63. The Balaban J connectivity index is 1.93. The minimum absolute atomic E-state index is 0.246. The summed E-state index contributed by atoms with van der Waals surface area (Å²) in [5.41, 5.74) is 2.36. The van der Waals surface area contributed by atoms with E-state index in [-0.39, 0.29) is 5.75 Å². The number of para-hydroxylation sites is 1. The Morgan fingerprint density at radius 2 is 1.89 bits per heavy atom. The zero-order chi connectivity index (χ0) is 12.5. The van der Waals surface area contributed by atoms with Crippen molar-refractivity contribution in [3.8, 4) is 5.75 Å². The first-order valence-electron chi connectivity index (χ1n) is 6.13. The van der Waals surface area contributed by atoms with Gasteiger partial charge in [0.2, 0.25) is 5.95 Å². The van der Waals surface area contributed by atoms with Crippen molar-refractivity contribution in [1.82, 2.24) is 9.97 Å². The van der Waals surface area contributed by atoms with Gasteiger partial charge in [-0.25, -0.2) is 9.97 Å². The van der Waals surface area contributed by atoms with Crippen LogP contribution < -0.4 is 5.32 Å². The molecular formula is C14H15N3O. The Morgan fingerprint density at radius 1 is 1.17 bits per heavy atom. The van der Waals surface area contributed by atoms with Gasteiger partial charge in [0, 0.05) is 11.6 Å². The Hall–Kier alpha value is -2.10. The molecule has 4 nitrogen and oxygen atoms in total. The van der Waals surface area contributed by atoms with Crippen molar-refractivity contribution in [2.75, 3.05) is 5.32 Å². The smallest absolute Gasteiger partial charge is 0.227 e. The summed E-state index contributed by atoms with van der Waals surface area (Å²) in [7, 11) is 0. The molecular weight excluding hydrogens is 226 g/mol. The average Bonchev–Trinajstić information content (AvgIpc) is 3.19. The highest BCUT2D eigenvalue weighted by Crippen LogP contribution is 2.43. The fourth-order valence-corrected chi connectivity index (χ4v) is 1.94. The number of aromatic hydroxyl groups is 1. The van der Waals surface area contributed by atoms with Gasteiger partial charge in [-0.1, -0.05) is 18.2 Å². The summed E-state index contributed by atoms with van der Waals surface area (Å²) >= 11 is 0. The second-order valence-corrected chi connectivity index (χ2v) is 4.63. The first-order valence-corrected chi connectivity index (χ1v) is 6.13. The summed E-state index contributed by atoms with van der Waals surface area (Å²) in [6.07, 6.45) is 2.21. The van der Waals surface area contributed by atoms with Crippen molar-refractivity contribution in [2.45, 2.75) is 25.7 Å². The Labute approximate surface area is 106 Å². The number of hydrogen-bond acceptors (Lipinski definition) is 4. The summed E-state index contributed by atoms with van der Waals surface area (Å²) in [6.45, 7) is 1.80. The van der Waals surface area contributed by atoms with E-state index in [2.05, 4.69) is 15.3 Å². The monoisotopic (exact) mass is 241 g/mol. The molecule has 1 aromatic heterocycles. The van der Waals surface area contributed by atoms with Crippen LogP contribution in [0.4, 0.5) is 11.6 Å². The van der Waals surface area contributed by atoms with Gasteiger partial charge in [-0.15, -0.1) is 0 Å². The zero-order valence-corrected chi connectivity index (χ0v) is 10.2. The van der Waals surface area contributed by atoms with E-state index in [0.717, 1.165) is 24.2 Å². The Morgan fingerprint density at radius 3 is 2.56 bits per heavy atom. The predicted octanol–water partition coefficient (Wildman–Crippen LogP) is 3.11. The van der Waals surface area contributed by atoms with Crippen LogP contribution in [-0.4, -0.2) is 15.1 Å². The second kappa shape index (κ2) is 4.29. The molecule has 0 amide bonds. The number of rotatable bonds is 3. The van der Waals surface area contributed by atoms with Crippen LogP contribution in [0.3, 0.4) is 0 Å². The molecule has 1 saturated carbocycles. The van der Waals surface area contributed by atoms with Crippen LogP contribution in [0.2, 0.25) is 0 Å². The standard InChI is InChI=1S/C14H15N3O/c1-9-13(18)12(10-7-8-10)17-14(15-9)16-11-5-3-2-4-6-11/h2-6,10,18H,7-8H2,1H3,(H,15,16,17). The van der Waals surface area contributed by atoms with Gasteiger partial charge in [-0.2, -0.15) is 0 Å². The lowest BCUT2D eigenvalue weighted by atomic mass is 10.2. The van der Waals surface area contributed by atoms with Gasteiger partial charge in [0.1, 0.15) is 0 Å². The molecule has 0 spiro atoms. The van der Waals surface area contributed by atoms with E-state index in [1.165, 1.54) is 0 Å². The van der Waals surface area contributed by atoms with E-state index < -0.39 is 0 Å². The lowest BCUT2D eigenvalue weighted by molar-refractivity contribution is 0.456. The molecule has 1 aliphatic rings. The first kappa shape index (κ1) is 11.0. The number of aromatic nitrogens is 2. The van der Waals surface area contributed by atoms with Crippen molar-refractivity contribution in [1.29, 1.82) is 0 Å². The lowest BCUT2D eigenvalue weighted by Crippen LogP contribution is -2.02. The molecule has 0 aliphatic heterocycles. The largest absolute Gasteiger partial charge is 0.504 e. The van der Waals surface area contributed by atoms with E-state index >= 15 is 0 Å². The van der Waals surface area contributed by atoms with Crippen LogP contribution in [0.15, 0.2) is 30.3 Å². The van der Waals surface area contributed by atoms with E-state index in [4.69, 9.17) is 0 Å². The van der Waals surface area contributed by atoms with Crippen LogP contribution in [0.1, 0.15) is 30.1 Å². The van der Waals surface area contributed by atoms with Crippen molar-refractivity contribution in [2.24, 2.45) is 0 Å². The van der Waals surface area contributed by atoms with E-state index in [1.807, 2.05) is 30.3 Å². The molecule has 18 heavy (non-hydrogen) atoms. The molecule has 0 bridgehead atoms. The third kappa shape index (κ3) is 2.14. The summed E-state index contributed by atoms with van der Waals surface area (Å²) in [4.78, 5) is 8.68. The van der Waals surface area contributed by atoms with Crippen LogP contribution >= 0.6 is 0 Å². The van der Waals surface area contributed by atoms with E-state index in [1.54, 1.807) is 6.92 Å². The molecule has 1 heterocycles. The molecule has 0 saturated heterocycles. The van der Waals surface area contributed by atoms with Gasteiger partial charge in [-0.05, 0) is 31.9 Å². The van der Waals surface area contributed by atoms with Crippen LogP contribution in [0, 0.1) is 6.92 Å². The summed E-state index contributed by atoms with van der Waals surface area (Å²) in [5.74, 6) is 1.21. The first-order chi connectivity index (χ1) is 8.74. The van der Waals surface area contributed by atoms with Crippen molar-refractivity contribution >= 4 is 11.6 Å². The van der Waals surface area contributed by atoms with Crippen molar-refractivity contribution < 1.29 is 5.11 Å². The topological polar surface area (TPSA) is 58.0 Å². The highest BCUT2D eigenvalue weighted by Gasteiger charge is 2.29. The zero-order valence-electron chi connectivity index (χ0n) is 10.2. The molecule has 0 radical (unpaired) electrons. The Bertz CT molecular complexity index is 565. The molecule has 1 aliphatic carbocycles. The SMILES string of the molecule is Cc1nc(Nc2ccccc2)nc(C2CC2)c1O. The fraction of sp³-hybridized carbons (Fsp3) is 0.286. The third-order valence-electron chi connectivity index (χ3n) is 3.08. The maximum atomic E-state index is 9.95. The average molecular weight is 241 g/mol. The van der Waals surface area contributed by atoms with Gasteiger partial charge < -0.3 is 10.4 Å². The maximum Gasteiger partial charge on any atom is 0.227 e. The van der Waals surface area contributed by atoms with Crippen molar-refractivity contribution in [3.05, 3.63) is 41.7 Å². The fourth-order valence-electron chi connectivity index (χ4n) is 1.94. The van der Waals surface area contributed by atoms with Gasteiger partial charge in [0.15, 0.2) is 5.75 Å². The van der Waals surface area contributed by atoms with Gasteiger partial charge >= 0.3 is 0 Å². The number of nitrogens with one attached hydrogen (secondary N) is 1. The molecule has 0 atom stereocenters. The molecule has 4 heteroatoms. The highest BCUT2D eigenvalue weighted by molar-refractivity contribution is 5.54. The molecule has 2 N–H and O–H groups in total. The summed E-state index contributed by atoms with van der Waals surface area (Å²) in [5, 5.41) is 13.1. The normalized spacial score (nSPS) is 14.5. The van der Waals surface area contributed by atoms with Crippen LogP contribution in [0.25, 0.3) is 0 Å². The van der Waals surface area contributed by atoms with E-state index in [0.29, 0.717) is 17.6 Å².